The average Bonchev–Trinajstić information content (AvgIpc) is 2.18. The summed E-state index contributed by atoms with van der Waals surface area (Å²) in [5, 5.41) is 1.36. The van der Waals surface area contributed by atoms with E-state index >= 15 is 0 Å². The Morgan fingerprint density at radius 3 is 2.62 bits per heavy atom. The second-order valence-electron chi connectivity index (χ2n) is 3.79. The number of aryl methyl sites for hydroxylation is 2. The normalized spacial score (nSPS) is 10.7. The van der Waals surface area contributed by atoms with Crippen LogP contribution in [-0.2, 0) is 0 Å². The molecule has 0 unspecified atom stereocenters. The summed E-state index contributed by atoms with van der Waals surface area (Å²) in [5.41, 5.74) is 8.19. The van der Waals surface area contributed by atoms with E-state index in [0.717, 1.165) is 16.6 Å². The molecular formula is C12H11ClN2O. The van der Waals surface area contributed by atoms with E-state index in [2.05, 4.69) is 4.98 Å². The lowest BCUT2D eigenvalue weighted by molar-refractivity contribution is 0.100. The maximum Gasteiger partial charge on any atom is 0.250 e. The maximum absolute atomic E-state index is 11.3. The number of aromatic nitrogens is 1. The number of halogens is 1. The number of carbonyl (C=O) groups excluding carboxylic acids is 1. The Kier molecular flexibility index (Phi) is 2.56. The first-order chi connectivity index (χ1) is 7.49. The summed E-state index contributed by atoms with van der Waals surface area (Å²) in [6.07, 6.45) is 0. The smallest absolute Gasteiger partial charge is 0.250 e. The van der Waals surface area contributed by atoms with Gasteiger partial charge in [-0.05, 0) is 37.6 Å². The Labute approximate surface area is 98.2 Å². The van der Waals surface area contributed by atoms with Crippen LogP contribution in [0.25, 0.3) is 10.9 Å². The number of pyridine rings is 1. The van der Waals surface area contributed by atoms with Gasteiger partial charge in [0, 0.05) is 16.1 Å². The van der Waals surface area contributed by atoms with E-state index in [-0.39, 0.29) is 0 Å². The van der Waals surface area contributed by atoms with Gasteiger partial charge in [0.2, 0.25) is 0 Å². The van der Waals surface area contributed by atoms with E-state index in [4.69, 9.17) is 17.3 Å². The number of nitrogens with two attached hydrogens (primary N) is 1. The Balaban J connectivity index is 2.95. The first kappa shape index (κ1) is 10.9. The second-order valence-corrected chi connectivity index (χ2v) is 4.23. The van der Waals surface area contributed by atoms with Gasteiger partial charge in [0.15, 0.2) is 0 Å². The van der Waals surface area contributed by atoms with E-state index in [1.165, 1.54) is 0 Å². The van der Waals surface area contributed by atoms with E-state index in [9.17, 15) is 4.79 Å². The van der Waals surface area contributed by atoms with Gasteiger partial charge in [0.05, 0.1) is 11.1 Å². The summed E-state index contributed by atoms with van der Waals surface area (Å²) in [6, 6.07) is 5.30. The molecule has 0 saturated heterocycles. The van der Waals surface area contributed by atoms with Crippen molar-refractivity contribution in [3.8, 4) is 0 Å². The van der Waals surface area contributed by atoms with Crippen LogP contribution in [-0.4, -0.2) is 10.9 Å². The van der Waals surface area contributed by atoms with E-state index in [0.29, 0.717) is 16.1 Å². The topological polar surface area (TPSA) is 56.0 Å². The molecule has 82 valence electrons. The molecule has 1 aromatic heterocycles. The fraction of sp³-hybridized carbons (Fsp3) is 0.167. The van der Waals surface area contributed by atoms with Gasteiger partial charge < -0.3 is 5.73 Å². The molecule has 0 radical (unpaired) electrons. The minimum atomic E-state index is -0.509. The summed E-state index contributed by atoms with van der Waals surface area (Å²) in [7, 11) is 0. The molecule has 16 heavy (non-hydrogen) atoms. The molecule has 3 nitrogen and oxygen atoms in total. The average molecular weight is 235 g/mol. The summed E-state index contributed by atoms with van der Waals surface area (Å²) in [6.45, 7) is 3.84. The summed E-state index contributed by atoms with van der Waals surface area (Å²) in [5.74, 6) is -0.509. The van der Waals surface area contributed by atoms with Gasteiger partial charge in [-0.3, -0.25) is 9.78 Å². The van der Waals surface area contributed by atoms with Crippen LogP contribution >= 0.6 is 11.6 Å². The molecule has 0 spiro atoms. The van der Waals surface area contributed by atoms with Crippen molar-refractivity contribution in [2.45, 2.75) is 13.8 Å². The molecule has 0 aliphatic heterocycles. The first-order valence-corrected chi connectivity index (χ1v) is 5.24. The number of hydrogen-bond acceptors (Lipinski definition) is 2. The van der Waals surface area contributed by atoms with Gasteiger partial charge in [-0.15, -0.1) is 0 Å². The number of carbonyl (C=O) groups is 1. The lowest BCUT2D eigenvalue weighted by atomic mass is 10.0. The van der Waals surface area contributed by atoms with Gasteiger partial charge in [-0.2, -0.15) is 0 Å². The minimum absolute atomic E-state index is 0.370. The van der Waals surface area contributed by atoms with Crippen molar-refractivity contribution in [1.82, 2.24) is 4.98 Å². The highest BCUT2D eigenvalue weighted by Crippen LogP contribution is 2.25. The quantitative estimate of drug-likeness (QED) is 0.825. The molecule has 4 heteroatoms. The summed E-state index contributed by atoms with van der Waals surface area (Å²) >= 11 is 5.94. The molecule has 0 aliphatic carbocycles. The zero-order valence-corrected chi connectivity index (χ0v) is 9.80. The van der Waals surface area contributed by atoms with Crippen LogP contribution < -0.4 is 5.73 Å². The van der Waals surface area contributed by atoms with Crippen LogP contribution in [0, 0.1) is 13.8 Å². The van der Waals surface area contributed by atoms with Crippen molar-refractivity contribution in [2.75, 3.05) is 0 Å². The molecule has 0 fully saturated rings. The zero-order valence-electron chi connectivity index (χ0n) is 9.04. The van der Waals surface area contributed by atoms with E-state index < -0.39 is 5.91 Å². The van der Waals surface area contributed by atoms with Crippen molar-refractivity contribution in [3.05, 3.63) is 40.0 Å². The molecule has 0 saturated carbocycles. The van der Waals surface area contributed by atoms with Crippen LogP contribution in [0.3, 0.4) is 0 Å². The molecule has 0 atom stereocenters. The third kappa shape index (κ3) is 1.74. The summed E-state index contributed by atoms with van der Waals surface area (Å²) < 4.78 is 0. The van der Waals surface area contributed by atoms with Crippen molar-refractivity contribution >= 4 is 28.4 Å². The number of nitrogens with zero attached hydrogens (tertiary/aromatic N) is 1. The SMILES string of the molecule is Cc1cc(C)c2cc(Cl)cc(C(N)=O)c2n1. The minimum Gasteiger partial charge on any atom is -0.366 e. The number of fused-ring (bicyclic) bond motifs is 1. The monoisotopic (exact) mass is 234 g/mol. The highest BCUT2D eigenvalue weighted by Gasteiger charge is 2.11. The first-order valence-electron chi connectivity index (χ1n) is 4.86. The molecule has 0 bridgehead atoms. The van der Waals surface area contributed by atoms with Crippen LogP contribution in [0.5, 0.6) is 0 Å². The molecule has 2 aromatic rings. The Hall–Kier alpha value is -1.61. The molecule has 2 rings (SSSR count). The third-order valence-electron chi connectivity index (χ3n) is 2.48. The molecule has 1 aromatic carbocycles. The zero-order chi connectivity index (χ0) is 11.9. The fourth-order valence-corrected chi connectivity index (χ4v) is 2.03. The van der Waals surface area contributed by atoms with Gasteiger partial charge in [-0.25, -0.2) is 0 Å². The van der Waals surface area contributed by atoms with Crippen molar-refractivity contribution < 1.29 is 4.79 Å². The van der Waals surface area contributed by atoms with Crippen LogP contribution in [0.4, 0.5) is 0 Å². The Bertz CT molecular complexity index is 593. The van der Waals surface area contributed by atoms with Gasteiger partial charge in [0.25, 0.3) is 5.91 Å². The van der Waals surface area contributed by atoms with Crippen molar-refractivity contribution in [3.63, 3.8) is 0 Å². The van der Waals surface area contributed by atoms with E-state index in [1.807, 2.05) is 19.9 Å². The van der Waals surface area contributed by atoms with Crippen molar-refractivity contribution in [1.29, 1.82) is 0 Å². The largest absolute Gasteiger partial charge is 0.366 e. The summed E-state index contributed by atoms with van der Waals surface area (Å²) in [4.78, 5) is 15.7. The van der Waals surface area contributed by atoms with Crippen LogP contribution in [0.2, 0.25) is 5.02 Å². The van der Waals surface area contributed by atoms with Crippen molar-refractivity contribution in [2.24, 2.45) is 5.73 Å². The maximum atomic E-state index is 11.3. The molecule has 2 N–H and O–H groups in total. The second kappa shape index (κ2) is 3.76. The number of amides is 1. The highest BCUT2D eigenvalue weighted by atomic mass is 35.5. The predicted molar refractivity (Wildman–Crippen MR) is 64.7 cm³/mol. The van der Waals surface area contributed by atoms with Crippen LogP contribution in [0.15, 0.2) is 18.2 Å². The molecule has 1 heterocycles. The number of benzene rings is 1. The molecular weight excluding hydrogens is 224 g/mol. The fourth-order valence-electron chi connectivity index (χ4n) is 1.81. The number of rotatable bonds is 1. The van der Waals surface area contributed by atoms with Gasteiger partial charge >= 0.3 is 0 Å². The Morgan fingerprint density at radius 1 is 1.31 bits per heavy atom. The standard InChI is InChI=1S/C12H11ClN2O/c1-6-3-7(2)15-11-9(6)4-8(13)5-10(11)12(14)16/h3-5H,1-2H3,(H2,14,16). The highest BCUT2D eigenvalue weighted by molar-refractivity contribution is 6.32. The number of primary amides is 1. The lowest BCUT2D eigenvalue weighted by Gasteiger charge is -2.07. The molecule has 1 amide bonds. The van der Waals surface area contributed by atoms with Crippen LogP contribution in [0.1, 0.15) is 21.6 Å². The molecule has 0 aliphatic rings. The van der Waals surface area contributed by atoms with E-state index in [1.54, 1.807) is 12.1 Å². The predicted octanol–water partition coefficient (Wildman–Crippen LogP) is 2.60. The lowest BCUT2D eigenvalue weighted by Crippen LogP contribution is -2.12. The Morgan fingerprint density at radius 2 is 2.00 bits per heavy atom. The third-order valence-corrected chi connectivity index (χ3v) is 2.70. The van der Waals surface area contributed by atoms with Gasteiger partial charge in [0.1, 0.15) is 0 Å². The number of hydrogen-bond donors (Lipinski definition) is 1. The van der Waals surface area contributed by atoms with Gasteiger partial charge in [-0.1, -0.05) is 11.6 Å².